The summed E-state index contributed by atoms with van der Waals surface area (Å²) < 4.78 is 0. The van der Waals surface area contributed by atoms with Gasteiger partial charge in [0.25, 0.3) is 0 Å². The van der Waals surface area contributed by atoms with E-state index in [1.807, 2.05) is 18.2 Å². The molecule has 2 rings (SSSR count). The highest BCUT2D eigenvalue weighted by Crippen LogP contribution is 2.30. The smallest absolute Gasteiger partial charge is 0.123 e. The van der Waals surface area contributed by atoms with Gasteiger partial charge in [-0.15, -0.1) is 0 Å². The third-order valence-electron chi connectivity index (χ3n) is 2.23. The largest absolute Gasteiger partial charge is 0.508 e. The first-order chi connectivity index (χ1) is 8.69. The standard InChI is InChI=1S/C12H10O2.C4H6/c13-10-5-3-4-9(8-10)11-6-1-2-7-12(11)14;1-3-4-2/h1-8,13-14H;3-4H,1-2H2. The quantitative estimate of drug-likeness (QED) is 0.775. The highest BCUT2D eigenvalue weighted by Gasteiger charge is 2.02. The van der Waals surface area contributed by atoms with Crippen LogP contribution < -0.4 is 0 Å². The van der Waals surface area contributed by atoms with Crippen LogP contribution in [0.15, 0.2) is 73.8 Å². The number of hydrogen-bond donors (Lipinski definition) is 2. The molecule has 0 aliphatic rings. The number of phenols is 2. The number of rotatable bonds is 2. The summed E-state index contributed by atoms with van der Waals surface area (Å²) in [5, 5.41) is 18.9. The van der Waals surface area contributed by atoms with E-state index in [-0.39, 0.29) is 11.5 Å². The lowest BCUT2D eigenvalue weighted by molar-refractivity contribution is 0.474. The van der Waals surface area contributed by atoms with Crippen molar-refractivity contribution in [3.8, 4) is 22.6 Å². The van der Waals surface area contributed by atoms with Gasteiger partial charge in [0, 0.05) is 5.56 Å². The van der Waals surface area contributed by atoms with Crippen molar-refractivity contribution in [1.29, 1.82) is 0 Å². The Hall–Kier alpha value is -2.48. The average Bonchev–Trinajstić information content (AvgIpc) is 2.39. The van der Waals surface area contributed by atoms with E-state index in [4.69, 9.17) is 0 Å². The minimum absolute atomic E-state index is 0.200. The summed E-state index contributed by atoms with van der Waals surface area (Å²) in [6.45, 7) is 6.72. The third-order valence-corrected chi connectivity index (χ3v) is 2.23. The molecule has 2 aromatic carbocycles. The van der Waals surface area contributed by atoms with Crippen LogP contribution in [-0.2, 0) is 0 Å². The average molecular weight is 240 g/mol. The Kier molecular flexibility index (Phi) is 5.26. The number of para-hydroxylation sites is 1. The fourth-order valence-corrected chi connectivity index (χ4v) is 1.39. The number of allylic oxidation sites excluding steroid dienone is 2. The van der Waals surface area contributed by atoms with E-state index in [2.05, 4.69) is 13.2 Å². The Labute approximate surface area is 107 Å². The van der Waals surface area contributed by atoms with E-state index in [0.717, 1.165) is 11.1 Å². The Morgan fingerprint density at radius 1 is 0.833 bits per heavy atom. The second-order valence-electron chi connectivity index (χ2n) is 3.54. The van der Waals surface area contributed by atoms with Crippen LogP contribution >= 0.6 is 0 Å². The van der Waals surface area contributed by atoms with Crippen molar-refractivity contribution < 1.29 is 10.2 Å². The molecule has 18 heavy (non-hydrogen) atoms. The van der Waals surface area contributed by atoms with Gasteiger partial charge in [-0.25, -0.2) is 0 Å². The van der Waals surface area contributed by atoms with Crippen LogP contribution in [0.2, 0.25) is 0 Å². The van der Waals surface area contributed by atoms with Gasteiger partial charge in [0.05, 0.1) is 0 Å². The van der Waals surface area contributed by atoms with Crippen LogP contribution in [0, 0.1) is 0 Å². The molecular formula is C16H16O2. The van der Waals surface area contributed by atoms with E-state index < -0.39 is 0 Å². The van der Waals surface area contributed by atoms with Gasteiger partial charge in [-0.2, -0.15) is 0 Å². The van der Waals surface area contributed by atoms with Crippen molar-refractivity contribution in [3.05, 3.63) is 73.8 Å². The molecule has 92 valence electrons. The molecule has 0 aliphatic heterocycles. The summed E-state index contributed by atoms with van der Waals surface area (Å²) in [6.07, 6.45) is 3.28. The van der Waals surface area contributed by atoms with E-state index in [0.29, 0.717) is 0 Å². The van der Waals surface area contributed by atoms with Crippen molar-refractivity contribution in [2.45, 2.75) is 0 Å². The zero-order valence-corrected chi connectivity index (χ0v) is 10.1. The Morgan fingerprint density at radius 3 is 2.06 bits per heavy atom. The molecule has 0 fully saturated rings. The highest BCUT2D eigenvalue weighted by atomic mass is 16.3. The molecule has 0 bridgehead atoms. The second kappa shape index (κ2) is 6.97. The number of benzene rings is 2. The van der Waals surface area contributed by atoms with Crippen LogP contribution in [0.4, 0.5) is 0 Å². The number of phenolic OH excluding ortho intramolecular Hbond substituents is 2. The third kappa shape index (κ3) is 3.83. The molecule has 0 saturated heterocycles. The van der Waals surface area contributed by atoms with Crippen LogP contribution in [0.1, 0.15) is 0 Å². The predicted octanol–water partition coefficient (Wildman–Crippen LogP) is 4.12. The molecule has 0 unspecified atom stereocenters. The summed E-state index contributed by atoms with van der Waals surface area (Å²) >= 11 is 0. The van der Waals surface area contributed by atoms with Crippen molar-refractivity contribution in [3.63, 3.8) is 0 Å². The van der Waals surface area contributed by atoms with Gasteiger partial charge in [-0.3, -0.25) is 0 Å². The van der Waals surface area contributed by atoms with Gasteiger partial charge >= 0.3 is 0 Å². The lowest BCUT2D eigenvalue weighted by Gasteiger charge is -2.04. The first-order valence-corrected chi connectivity index (χ1v) is 5.50. The van der Waals surface area contributed by atoms with Gasteiger partial charge in [-0.05, 0) is 23.8 Å². The maximum Gasteiger partial charge on any atom is 0.123 e. The second-order valence-corrected chi connectivity index (χ2v) is 3.54. The monoisotopic (exact) mass is 240 g/mol. The molecule has 2 aromatic rings. The molecule has 0 spiro atoms. The summed E-state index contributed by atoms with van der Waals surface area (Å²) in [5.41, 5.74) is 1.53. The summed E-state index contributed by atoms with van der Waals surface area (Å²) in [7, 11) is 0. The lowest BCUT2D eigenvalue weighted by atomic mass is 10.0. The predicted molar refractivity (Wildman–Crippen MR) is 75.6 cm³/mol. The van der Waals surface area contributed by atoms with Gasteiger partial charge < -0.3 is 10.2 Å². The van der Waals surface area contributed by atoms with E-state index in [9.17, 15) is 10.2 Å². The Bertz CT molecular complexity index is 524. The van der Waals surface area contributed by atoms with Gasteiger partial charge in [0.1, 0.15) is 11.5 Å². The van der Waals surface area contributed by atoms with Crippen LogP contribution in [0.3, 0.4) is 0 Å². The molecule has 2 nitrogen and oxygen atoms in total. The molecule has 0 atom stereocenters. The minimum atomic E-state index is 0.200. The molecule has 0 aliphatic carbocycles. The molecule has 2 N–H and O–H groups in total. The zero-order chi connectivity index (χ0) is 13.4. The maximum absolute atomic E-state index is 9.57. The molecular weight excluding hydrogens is 224 g/mol. The van der Waals surface area contributed by atoms with Gasteiger partial charge in [-0.1, -0.05) is 55.6 Å². The Balaban J connectivity index is 0.000000357. The van der Waals surface area contributed by atoms with Crippen molar-refractivity contribution in [2.24, 2.45) is 0 Å². The van der Waals surface area contributed by atoms with Crippen LogP contribution in [0.25, 0.3) is 11.1 Å². The van der Waals surface area contributed by atoms with E-state index in [1.54, 1.807) is 42.5 Å². The van der Waals surface area contributed by atoms with Crippen molar-refractivity contribution >= 4 is 0 Å². The van der Waals surface area contributed by atoms with Crippen LogP contribution in [0.5, 0.6) is 11.5 Å². The van der Waals surface area contributed by atoms with E-state index >= 15 is 0 Å². The molecule has 0 radical (unpaired) electrons. The van der Waals surface area contributed by atoms with Gasteiger partial charge in [0.2, 0.25) is 0 Å². The van der Waals surface area contributed by atoms with E-state index in [1.165, 1.54) is 0 Å². The topological polar surface area (TPSA) is 40.5 Å². The molecule has 0 heterocycles. The number of hydrogen-bond acceptors (Lipinski definition) is 2. The highest BCUT2D eigenvalue weighted by molar-refractivity contribution is 5.70. The SMILES string of the molecule is C=CC=C.Oc1cccc(-c2ccccc2O)c1. The van der Waals surface area contributed by atoms with Crippen molar-refractivity contribution in [2.75, 3.05) is 0 Å². The maximum atomic E-state index is 9.57. The molecule has 2 heteroatoms. The Morgan fingerprint density at radius 2 is 1.50 bits per heavy atom. The first kappa shape index (κ1) is 13.6. The van der Waals surface area contributed by atoms with Crippen molar-refractivity contribution in [1.82, 2.24) is 0 Å². The lowest BCUT2D eigenvalue weighted by Crippen LogP contribution is -1.77. The summed E-state index contributed by atoms with van der Waals surface area (Å²) in [6, 6.07) is 13.9. The van der Waals surface area contributed by atoms with Crippen LogP contribution in [-0.4, -0.2) is 10.2 Å². The summed E-state index contributed by atoms with van der Waals surface area (Å²) in [4.78, 5) is 0. The molecule has 0 saturated carbocycles. The summed E-state index contributed by atoms with van der Waals surface area (Å²) in [5.74, 6) is 0.420. The molecule has 0 amide bonds. The first-order valence-electron chi connectivity index (χ1n) is 5.50. The zero-order valence-electron chi connectivity index (χ0n) is 10.1. The van der Waals surface area contributed by atoms with Gasteiger partial charge in [0.15, 0.2) is 0 Å². The number of aromatic hydroxyl groups is 2. The fraction of sp³-hybridized carbons (Fsp3) is 0. The molecule has 0 aromatic heterocycles. The normalized spacial score (nSPS) is 8.89. The fourth-order valence-electron chi connectivity index (χ4n) is 1.39. The minimum Gasteiger partial charge on any atom is -0.508 e.